The van der Waals surface area contributed by atoms with E-state index in [0.29, 0.717) is 29.8 Å². The minimum atomic E-state index is -0.497. The molecule has 2 atom stereocenters. The van der Waals surface area contributed by atoms with Gasteiger partial charge in [0.1, 0.15) is 0 Å². The topological polar surface area (TPSA) is 88.4 Å². The molecule has 0 aromatic heterocycles. The normalized spacial score (nSPS) is 19.8. The van der Waals surface area contributed by atoms with E-state index >= 15 is 0 Å². The molecule has 1 aliphatic rings. The lowest BCUT2D eigenvalue weighted by Crippen LogP contribution is -2.36. The van der Waals surface area contributed by atoms with Crippen LogP contribution in [0.5, 0.6) is 0 Å². The highest BCUT2D eigenvalue weighted by atomic mass is 16.5. The van der Waals surface area contributed by atoms with Crippen molar-refractivity contribution in [3.63, 3.8) is 0 Å². The molecule has 0 saturated carbocycles. The summed E-state index contributed by atoms with van der Waals surface area (Å²) >= 11 is 0. The Hall–Kier alpha value is -2.41. The van der Waals surface area contributed by atoms with Gasteiger partial charge in [-0.05, 0) is 25.0 Å². The van der Waals surface area contributed by atoms with Crippen molar-refractivity contribution in [3.05, 3.63) is 29.8 Å². The Morgan fingerprint density at radius 1 is 1.21 bits per heavy atom. The molecule has 0 radical (unpaired) electrons. The van der Waals surface area contributed by atoms with Gasteiger partial charge in [0.2, 0.25) is 0 Å². The number of benzene rings is 1. The Balaban J connectivity index is 2.52. The van der Waals surface area contributed by atoms with Gasteiger partial charge in [0.05, 0.1) is 31.5 Å². The van der Waals surface area contributed by atoms with Gasteiger partial charge in [-0.25, -0.2) is 9.59 Å². The zero-order chi connectivity index (χ0) is 17.7. The van der Waals surface area contributed by atoms with Crippen molar-refractivity contribution in [2.45, 2.75) is 25.8 Å². The zero-order valence-electron chi connectivity index (χ0n) is 14.1. The average molecular weight is 334 g/mol. The minimum absolute atomic E-state index is 0.0535. The third-order valence-corrected chi connectivity index (χ3v) is 4.16. The molecule has 1 aromatic carbocycles. The van der Waals surface area contributed by atoms with Crippen LogP contribution in [0.25, 0.3) is 0 Å². The van der Waals surface area contributed by atoms with Crippen LogP contribution in [0.2, 0.25) is 0 Å². The molecule has 0 aliphatic carbocycles. The lowest BCUT2D eigenvalue weighted by Gasteiger charge is -2.28. The quantitative estimate of drug-likeness (QED) is 0.795. The molecule has 1 N–H and O–H groups in total. The second-order valence-corrected chi connectivity index (χ2v) is 5.42. The number of para-hydroxylation sites is 1. The Labute approximate surface area is 140 Å². The fourth-order valence-electron chi connectivity index (χ4n) is 3.02. The van der Waals surface area contributed by atoms with Crippen LogP contribution in [0.3, 0.4) is 0 Å². The summed E-state index contributed by atoms with van der Waals surface area (Å²) in [5, 5.41) is 15.5. The summed E-state index contributed by atoms with van der Waals surface area (Å²) in [5.74, 6) is -1.17. The van der Waals surface area contributed by atoms with Gasteiger partial charge >= 0.3 is 11.9 Å². The SMILES string of the molecule is CC[C@H]1C(C(=O)OC)=NN(c2ccccc2C(=O)OC)[C@@H]1CCO. The predicted octanol–water partition coefficient (Wildman–Crippen LogP) is 1.60. The van der Waals surface area contributed by atoms with E-state index in [-0.39, 0.29) is 18.6 Å². The largest absolute Gasteiger partial charge is 0.465 e. The van der Waals surface area contributed by atoms with E-state index in [9.17, 15) is 14.7 Å². The summed E-state index contributed by atoms with van der Waals surface area (Å²) in [6.45, 7) is 1.89. The molecule has 1 heterocycles. The number of esters is 2. The van der Waals surface area contributed by atoms with Crippen molar-refractivity contribution in [2.24, 2.45) is 11.0 Å². The third-order valence-electron chi connectivity index (χ3n) is 4.16. The molecule has 1 aliphatic heterocycles. The molecular weight excluding hydrogens is 312 g/mol. The van der Waals surface area contributed by atoms with Crippen LogP contribution in [0.1, 0.15) is 30.1 Å². The summed E-state index contributed by atoms with van der Waals surface area (Å²) in [6, 6.07) is 6.66. The first kappa shape index (κ1) is 17.9. The van der Waals surface area contributed by atoms with Gasteiger partial charge in [-0.1, -0.05) is 19.1 Å². The van der Waals surface area contributed by atoms with Crippen LogP contribution in [0.15, 0.2) is 29.4 Å². The van der Waals surface area contributed by atoms with Gasteiger partial charge in [-0.15, -0.1) is 0 Å². The molecule has 0 saturated heterocycles. The molecule has 1 aromatic rings. The van der Waals surface area contributed by atoms with Crippen molar-refractivity contribution in [3.8, 4) is 0 Å². The van der Waals surface area contributed by atoms with Crippen molar-refractivity contribution in [2.75, 3.05) is 25.8 Å². The van der Waals surface area contributed by atoms with E-state index < -0.39 is 11.9 Å². The number of aliphatic hydroxyl groups excluding tert-OH is 1. The van der Waals surface area contributed by atoms with Crippen LogP contribution in [-0.4, -0.2) is 49.6 Å². The molecule has 0 spiro atoms. The molecule has 7 heteroatoms. The van der Waals surface area contributed by atoms with Gasteiger partial charge < -0.3 is 14.6 Å². The Morgan fingerprint density at radius 2 is 1.88 bits per heavy atom. The highest BCUT2D eigenvalue weighted by molar-refractivity contribution is 6.38. The summed E-state index contributed by atoms with van der Waals surface area (Å²) in [7, 11) is 2.62. The Bertz CT molecular complexity index is 644. The number of aliphatic hydroxyl groups is 1. The second kappa shape index (κ2) is 7.92. The van der Waals surface area contributed by atoms with Crippen LogP contribution in [-0.2, 0) is 14.3 Å². The highest BCUT2D eigenvalue weighted by Gasteiger charge is 2.41. The predicted molar refractivity (Wildman–Crippen MR) is 89.0 cm³/mol. The number of carbonyl (C=O) groups is 2. The molecule has 130 valence electrons. The van der Waals surface area contributed by atoms with Gasteiger partial charge in [0, 0.05) is 12.5 Å². The number of hydrogen-bond donors (Lipinski definition) is 1. The lowest BCUT2D eigenvalue weighted by atomic mass is 9.90. The number of hydrogen-bond acceptors (Lipinski definition) is 7. The Morgan fingerprint density at radius 3 is 2.46 bits per heavy atom. The molecule has 2 rings (SSSR count). The van der Waals surface area contributed by atoms with Crippen molar-refractivity contribution >= 4 is 23.3 Å². The molecule has 0 fully saturated rings. The number of rotatable bonds is 6. The number of anilines is 1. The third kappa shape index (κ3) is 3.26. The molecule has 0 unspecified atom stereocenters. The zero-order valence-corrected chi connectivity index (χ0v) is 14.1. The summed E-state index contributed by atoms with van der Waals surface area (Å²) < 4.78 is 9.65. The average Bonchev–Trinajstić information content (AvgIpc) is 2.99. The number of hydrazone groups is 1. The molecule has 0 amide bonds. The number of ether oxygens (including phenoxy) is 2. The second-order valence-electron chi connectivity index (χ2n) is 5.42. The molecular formula is C17H22N2O5. The van der Waals surface area contributed by atoms with Gasteiger partial charge in [-0.2, -0.15) is 5.10 Å². The van der Waals surface area contributed by atoms with E-state index in [1.807, 2.05) is 6.92 Å². The first-order chi connectivity index (χ1) is 11.6. The first-order valence-corrected chi connectivity index (χ1v) is 7.83. The van der Waals surface area contributed by atoms with Crippen LogP contribution < -0.4 is 5.01 Å². The molecule has 24 heavy (non-hydrogen) atoms. The van der Waals surface area contributed by atoms with Crippen LogP contribution in [0.4, 0.5) is 5.69 Å². The van der Waals surface area contributed by atoms with E-state index in [4.69, 9.17) is 9.47 Å². The highest BCUT2D eigenvalue weighted by Crippen LogP contribution is 2.34. The smallest absolute Gasteiger partial charge is 0.354 e. The minimum Gasteiger partial charge on any atom is -0.465 e. The van der Waals surface area contributed by atoms with Crippen LogP contribution in [0, 0.1) is 5.92 Å². The maximum atomic E-state index is 12.1. The molecule has 7 nitrogen and oxygen atoms in total. The van der Waals surface area contributed by atoms with E-state index in [2.05, 4.69) is 5.10 Å². The lowest BCUT2D eigenvalue weighted by molar-refractivity contribution is -0.133. The maximum absolute atomic E-state index is 12.1. The van der Waals surface area contributed by atoms with Gasteiger partial charge in [0.15, 0.2) is 5.71 Å². The van der Waals surface area contributed by atoms with Gasteiger partial charge in [0.25, 0.3) is 0 Å². The fraction of sp³-hybridized carbons (Fsp3) is 0.471. The fourth-order valence-corrected chi connectivity index (χ4v) is 3.02. The maximum Gasteiger partial charge on any atom is 0.354 e. The van der Waals surface area contributed by atoms with Crippen molar-refractivity contribution < 1.29 is 24.2 Å². The van der Waals surface area contributed by atoms with E-state index in [1.54, 1.807) is 29.3 Å². The van der Waals surface area contributed by atoms with E-state index in [1.165, 1.54) is 14.2 Å². The number of carbonyl (C=O) groups excluding carboxylic acids is 2. The van der Waals surface area contributed by atoms with Crippen molar-refractivity contribution in [1.82, 2.24) is 0 Å². The van der Waals surface area contributed by atoms with Gasteiger partial charge in [-0.3, -0.25) is 5.01 Å². The standard InChI is InChI=1S/C17H22N2O5/c1-4-11-14(9-10-20)19(18-15(11)17(22)24-3)13-8-6-5-7-12(13)16(21)23-2/h5-8,11,14,20H,4,9-10H2,1-3H3/t11-,14-/m1/s1. The summed E-state index contributed by atoms with van der Waals surface area (Å²) in [4.78, 5) is 24.1. The first-order valence-electron chi connectivity index (χ1n) is 7.83. The van der Waals surface area contributed by atoms with Crippen molar-refractivity contribution in [1.29, 1.82) is 0 Å². The van der Waals surface area contributed by atoms with E-state index in [0.717, 1.165) is 0 Å². The van der Waals surface area contributed by atoms with Crippen LogP contribution >= 0.6 is 0 Å². The molecule has 0 bridgehead atoms. The monoisotopic (exact) mass is 334 g/mol. The summed E-state index contributed by atoms with van der Waals surface area (Å²) in [6.07, 6.45) is 1.08. The summed E-state index contributed by atoms with van der Waals surface area (Å²) in [5.41, 5.74) is 1.20. The number of methoxy groups -OCH3 is 2. The number of nitrogens with zero attached hydrogens (tertiary/aromatic N) is 2. The Kier molecular flexibility index (Phi) is 5.92.